The van der Waals surface area contributed by atoms with E-state index in [0.717, 1.165) is 10.8 Å². The minimum absolute atomic E-state index is 0.276. The fourth-order valence-corrected chi connectivity index (χ4v) is 2.10. The zero-order valence-corrected chi connectivity index (χ0v) is 11.4. The van der Waals surface area contributed by atoms with Gasteiger partial charge >= 0.3 is 0 Å². The highest BCUT2D eigenvalue weighted by atomic mass is 16.1. The Kier molecular flexibility index (Phi) is 3.23. The molecule has 7 heteroatoms. The van der Waals surface area contributed by atoms with Crippen LogP contribution in [0.2, 0.25) is 0 Å². The van der Waals surface area contributed by atoms with Crippen LogP contribution in [-0.4, -0.2) is 26.1 Å². The number of hydrogen-bond acceptors (Lipinski definition) is 5. The van der Waals surface area contributed by atoms with Crippen molar-refractivity contribution < 1.29 is 4.79 Å². The topological polar surface area (TPSA) is 110 Å². The number of hydrogen-bond donors (Lipinski definition) is 3. The highest BCUT2D eigenvalue weighted by molar-refractivity contribution is 5.99. The molecular weight excluding hydrogens is 268 g/mol. The van der Waals surface area contributed by atoms with E-state index in [4.69, 9.17) is 5.73 Å². The van der Waals surface area contributed by atoms with Crippen LogP contribution in [0.15, 0.2) is 36.7 Å². The molecule has 3 aromatic rings. The molecule has 1 unspecified atom stereocenters. The Morgan fingerprint density at radius 3 is 2.95 bits per heavy atom. The van der Waals surface area contributed by atoms with Crippen LogP contribution in [0.4, 0.5) is 5.82 Å². The van der Waals surface area contributed by atoms with Crippen molar-refractivity contribution in [2.75, 3.05) is 5.73 Å². The average Bonchev–Trinajstić information content (AvgIpc) is 3.01. The third kappa shape index (κ3) is 2.53. The van der Waals surface area contributed by atoms with E-state index in [1.165, 1.54) is 6.33 Å². The first-order valence-electron chi connectivity index (χ1n) is 6.46. The van der Waals surface area contributed by atoms with Gasteiger partial charge in [0.05, 0.1) is 6.04 Å². The van der Waals surface area contributed by atoms with Crippen LogP contribution in [0.1, 0.15) is 29.3 Å². The van der Waals surface area contributed by atoms with Crippen molar-refractivity contribution in [3.63, 3.8) is 0 Å². The van der Waals surface area contributed by atoms with Gasteiger partial charge in [-0.1, -0.05) is 24.3 Å². The van der Waals surface area contributed by atoms with E-state index in [1.807, 2.05) is 31.2 Å². The zero-order valence-electron chi connectivity index (χ0n) is 11.4. The van der Waals surface area contributed by atoms with Crippen LogP contribution < -0.4 is 11.1 Å². The maximum atomic E-state index is 12.3. The van der Waals surface area contributed by atoms with E-state index in [1.54, 1.807) is 6.07 Å². The van der Waals surface area contributed by atoms with Gasteiger partial charge in [0.25, 0.3) is 5.91 Å². The summed E-state index contributed by atoms with van der Waals surface area (Å²) in [5, 5.41) is 11.0. The van der Waals surface area contributed by atoms with Gasteiger partial charge in [-0.2, -0.15) is 5.10 Å². The van der Waals surface area contributed by atoms with Gasteiger partial charge in [0.2, 0.25) is 0 Å². The van der Waals surface area contributed by atoms with Crippen LogP contribution in [0.25, 0.3) is 10.8 Å². The molecule has 0 saturated heterocycles. The molecule has 1 atom stereocenters. The maximum absolute atomic E-state index is 12.3. The number of nitrogen functional groups attached to an aromatic ring is 1. The molecule has 0 fully saturated rings. The quantitative estimate of drug-likeness (QED) is 0.673. The summed E-state index contributed by atoms with van der Waals surface area (Å²) in [6, 6.07) is 8.95. The van der Waals surface area contributed by atoms with Gasteiger partial charge < -0.3 is 11.1 Å². The number of carbonyl (C=O) groups excluding carboxylic acids is 1. The Balaban J connectivity index is 1.88. The molecule has 2 heterocycles. The predicted octanol–water partition coefficient (Wildman–Crippen LogP) is 1.43. The third-order valence-electron chi connectivity index (χ3n) is 3.19. The summed E-state index contributed by atoms with van der Waals surface area (Å²) in [5.41, 5.74) is 6.18. The van der Waals surface area contributed by atoms with Crippen molar-refractivity contribution in [1.82, 2.24) is 25.5 Å². The third-order valence-corrected chi connectivity index (χ3v) is 3.19. The first-order valence-corrected chi connectivity index (χ1v) is 6.46. The molecule has 0 spiro atoms. The van der Waals surface area contributed by atoms with E-state index in [-0.39, 0.29) is 17.6 Å². The highest BCUT2D eigenvalue weighted by Gasteiger charge is 2.15. The summed E-state index contributed by atoms with van der Waals surface area (Å²) in [6.45, 7) is 1.81. The summed E-state index contributed by atoms with van der Waals surface area (Å²) in [7, 11) is 0. The molecule has 3 rings (SSSR count). The molecule has 0 aliphatic rings. The number of aromatic amines is 1. The molecule has 21 heavy (non-hydrogen) atoms. The molecule has 0 radical (unpaired) electrons. The minimum atomic E-state index is -0.309. The van der Waals surface area contributed by atoms with Crippen molar-refractivity contribution in [1.29, 1.82) is 0 Å². The molecule has 4 N–H and O–H groups in total. The monoisotopic (exact) mass is 282 g/mol. The number of nitrogens with zero attached hydrogens (tertiary/aromatic N) is 3. The van der Waals surface area contributed by atoms with Gasteiger partial charge in [-0.15, -0.1) is 0 Å². The van der Waals surface area contributed by atoms with Crippen LogP contribution >= 0.6 is 0 Å². The van der Waals surface area contributed by atoms with E-state index < -0.39 is 0 Å². The lowest BCUT2D eigenvalue weighted by Gasteiger charge is -2.11. The summed E-state index contributed by atoms with van der Waals surface area (Å²) in [6.07, 6.45) is 1.39. The number of rotatable bonds is 3. The average molecular weight is 282 g/mol. The van der Waals surface area contributed by atoms with Gasteiger partial charge in [0, 0.05) is 5.39 Å². The first kappa shape index (κ1) is 13.0. The molecule has 106 valence electrons. The number of anilines is 1. The SMILES string of the molecule is CC(NC(=O)c1cc2ccccc2c(N)n1)c1ncn[nH]1. The van der Waals surface area contributed by atoms with Crippen molar-refractivity contribution in [3.8, 4) is 0 Å². The largest absolute Gasteiger partial charge is 0.383 e. The van der Waals surface area contributed by atoms with Crippen LogP contribution in [-0.2, 0) is 0 Å². The predicted molar refractivity (Wildman–Crippen MR) is 78.4 cm³/mol. The van der Waals surface area contributed by atoms with Gasteiger partial charge in [0.1, 0.15) is 23.7 Å². The normalized spacial score (nSPS) is 12.2. The van der Waals surface area contributed by atoms with Gasteiger partial charge in [-0.05, 0) is 18.4 Å². The molecule has 0 saturated carbocycles. The number of nitrogens with two attached hydrogens (primary N) is 1. The second-order valence-corrected chi connectivity index (χ2v) is 4.68. The van der Waals surface area contributed by atoms with Crippen LogP contribution in [0.3, 0.4) is 0 Å². The molecule has 2 aromatic heterocycles. The smallest absolute Gasteiger partial charge is 0.270 e. The lowest BCUT2D eigenvalue weighted by molar-refractivity contribution is 0.0933. The van der Waals surface area contributed by atoms with Crippen molar-refractivity contribution >= 4 is 22.5 Å². The Bertz CT molecular complexity index is 783. The number of amides is 1. The second kappa shape index (κ2) is 5.20. The molecule has 7 nitrogen and oxygen atoms in total. The van der Waals surface area contributed by atoms with Crippen LogP contribution in [0.5, 0.6) is 0 Å². The Morgan fingerprint density at radius 1 is 1.38 bits per heavy atom. The minimum Gasteiger partial charge on any atom is -0.383 e. The first-order chi connectivity index (χ1) is 10.1. The van der Waals surface area contributed by atoms with E-state index >= 15 is 0 Å². The summed E-state index contributed by atoms with van der Waals surface area (Å²) in [4.78, 5) is 20.4. The Morgan fingerprint density at radius 2 is 2.19 bits per heavy atom. The molecule has 1 amide bonds. The van der Waals surface area contributed by atoms with E-state index in [9.17, 15) is 4.79 Å². The number of benzene rings is 1. The Hall–Kier alpha value is -2.96. The number of fused-ring (bicyclic) bond motifs is 1. The van der Waals surface area contributed by atoms with Crippen molar-refractivity contribution in [2.45, 2.75) is 13.0 Å². The lowest BCUT2D eigenvalue weighted by Crippen LogP contribution is -2.28. The van der Waals surface area contributed by atoms with Crippen LogP contribution in [0, 0.1) is 0 Å². The fraction of sp³-hybridized carbons (Fsp3) is 0.143. The van der Waals surface area contributed by atoms with Gasteiger partial charge in [-0.25, -0.2) is 9.97 Å². The number of H-pyrrole nitrogens is 1. The molecule has 0 aliphatic heterocycles. The highest BCUT2D eigenvalue weighted by Crippen LogP contribution is 2.20. The summed E-state index contributed by atoms with van der Waals surface area (Å²) in [5.74, 6) is 0.610. The van der Waals surface area contributed by atoms with E-state index in [0.29, 0.717) is 11.6 Å². The summed E-state index contributed by atoms with van der Waals surface area (Å²) >= 11 is 0. The van der Waals surface area contributed by atoms with Crippen molar-refractivity contribution in [2.24, 2.45) is 0 Å². The number of carbonyl (C=O) groups is 1. The number of nitrogens with one attached hydrogen (secondary N) is 2. The molecule has 0 aliphatic carbocycles. The van der Waals surface area contributed by atoms with Crippen molar-refractivity contribution in [3.05, 3.63) is 48.2 Å². The standard InChI is InChI=1S/C14H14N6O/c1-8(13-16-7-17-20-13)18-14(21)11-6-9-4-2-3-5-10(9)12(15)19-11/h2-8H,1H3,(H2,15,19)(H,18,21)(H,16,17,20). The number of aromatic nitrogens is 4. The zero-order chi connectivity index (χ0) is 14.8. The molecule has 1 aromatic carbocycles. The summed E-state index contributed by atoms with van der Waals surface area (Å²) < 4.78 is 0. The maximum Gasteiger partial charge on any atom is 0.270 e. The second-order valence-electron chi connectivity index (χ2n) is 4.68. The van der Waals surface area contributed by atoms with Gasteiger partial charge in [0.15, 0.2) is 0 Å². The number of pyridine rings is 1. The molecule has 0 bridgehead atoms. The molecular formula is C14H14N6O. The Labute approximate surface area is 120 Å². The van der Waals surface area contributed by atoms with E-state index in [2.05, 4.69) is 25.5 Å². The van der Waals surface area contributed by atoms with Gasteiger partial charge in [-0.3, -0.25) is 9.89 Å². The lowest BCUT2D eigenvalue weighted by atomic mass is 10.1. The fourth-order valence-electron chi connectivity index (χ4n) is 2.10.